The molecule has 1 aliphatic heterocycles. The van der Waals surface area contributed by atoms with Crippen LogP contribution in [0.5, 0.6) is 0 Å². The Hall–Kier alpha value is -3.41. The number of hydrogen-bond acceptors (Lipinski definition) is 4. The highest BCUT2D eigenvalue weighted by Crippen LogP contribution is 2.21. The van der Waals surface area contributed by atoms with Gasteiger partial charge in [0.05, 0.1) is 11.4 Å². The zero-order valence-electron chi connectivity index (χ0n) is 19.0. The molecular formula is C26H30N4O2. The zero-order chi connectivity index (χ0) is 22.7. The van der Waals surface area contributed by atoms with Gasteiger partial charge in [-0.3, -0.25) is 9.59 Å². The molecular weight excluding hydrogens is 400 g/mol. The van der Waals surface area contributed by atoms with Gasteiger partial charge in [-0.2, -0.15) is 5.10 Å². The topological polar surface area (TPSA) is 58.4 Å². The third kappa shape index (κ3) is 4.59. The Balaban J connectivity index is 1.33. The highest BCUT2D eigenvalue weighted by Gasteiger charge is 2.22. The Morgan fingerprint density at radius 2 is 1.53 bits per heavy atom. The summed E-state index contributed by atoms with van der Waals surface area (Å²) in [6.07, 6.45) is 1.20. The molecule has 1 aliphatic rings. The van der Waals surface area contributed by atoms with Crippen LogP contribution in [0.3, 0.4) is 0 Å². The van der Waals surface area contributed by atoms with Gasteiger partial charge in [-0.1, -0.05) is 18.2 Å². The number of carbonyl (C=O) groups excluding carboxylic acids is 2. The second-order valence-corrected chi connectivity index (χ2v) is 8.37. The number of Topliss-reactive ketones (excluding diaryl/α,β-unsaturated/α-hetero) is 1. The highest BCUT2D eigenvalue weighted by atomic mass is 16.2. The molecule has 0 spiro atoms. The van der Waals surface area contributed by atoms with Crippen molar-refractivity contribution in [1.29, 1.82) is 0 Å². The van der Waals surface area contributed by atoms with Gasteiger partial charge in [-0.15, -0.1) is 0 Å². The molecule has 1 saturated heterocycles. The number of benzene rings is 2. The summed E-state index contributed by atoms with van der Waals surface area (Å²) in [5, 5.41) is 4.70. The van der Waals surface area contributed by atoms with Gasteiger partial charge in [0.25, 0.3) is 0 Å². The molecule has 1 amide bonds. The summed E-state index contributed by atoms with van der Waals surface area (Å²) in [4.78, 5) is 28.6. The van der Waals surface area contributed by atoms with Crippen molar-refractivity contribution in [2.24, 2.45) is 0 Å². The normalized spacial score (nSPS) is 14.0. The monoisotopic (exact) mass is 430 g/mol. The van der Waals surface area contributed by atoms with Crippen LogP contribution in [0.15, 0.2) is 54.6 Å². The fourth-order valence-corrected chi connectivity index (χ4v) is 4.37. The predicted octanol–water partition coefficient (Wildman–Crippen LogP) is 3.97. The molecule has 32 heavy (non-hydrogen) atoms. The lowest BCUT2D eigenvalue weighted by atomic mass is 10.1. The lowest BCUT2D eigenvalue weighted by Crippen LogP contribution is -2.48. The second-order valence-electron chi connectivity index (χ2n) is 8.37. The Morgan fingerprint density at radius 1 is 0.875 bits per heavy atom. The molecule has 0 unspecified atom stereocenters. The summed E-state index contributed by atoms with van der Waals surface area (Å²) in [5.74, 6) is 0.273. The quantitative estimate of drug-likeness (QED) is 0.555. The van der Waals surface area contributed by atoms with Crippen LogP contribution in [-0.2, 0) is 11.2 Å². The lowest BCUT2D eigenvalue weighted by Gasteiger charge is -2.36. The van der Waals surface area contributed by atoms with E-state index < -0.39 is 0 Å². The van der Waals surface area contributed by atoms with Gasteiger partial charge in [0.2, 0.25) is 5.91 Å². The van der Waals surface area contributed by atoms with Gasteiger partial charge >= 0.3 is 0 Å². The molecule has 6 heteroatoms. The largest absolute Gasteiger partial charge is 0.368 e. The molecule has 0 saturated carbocycles. The Labute approximate surface area is 189 Å². The van der Waals surface area contributed by atoms with Crippen LogP contribution in [-0.4, -0.2) is 52.5 Å². The van der Waals surface area contributed by atoms with E-state index in [4.69, 9.17) is 5.10 Å². The summed E-state index contributed by atoms with van der Waals surface area (Å²) < 4.78 is 1.96. The number of rotatable bonds is 6. The first-order valence-electron chi connectivity index (χ1n) is 11.2. The second kappa shape index (κ2) is 9.39. The maximum atomic E-state index is 12.9. The minimum absolute atomic E-state index is 0.0757. The molecule has 1 aromatic heterocycles. The van der Waals surface area contributed by atoms with Gasteiger partial charge in [-0.05, 0) is 69.2 Å². The van der Waals surface area contributed by atoms with E-state index >= 15 is 0 Å². The van der Waals surface area contributed by atoms with E-state index in [1.165, 1.54) is 0 Å². The molecule has 0 atom stereocenters. The van der Waals surface area contributed by atoms with Gasteiger partial charge in [0.1, 0.15) is 0 Å². The molecule has 4 rings (SSSR count). The Morgan fingerprint density at radius 3 is 2.16 bits per heavy atom. The van der Waals surface area contributed by atoms with Crippen molar-refractivity contribution in [3.63, 3.8) is 0 Å². The van der Waals surface area contributed by atoms with E-state index in [1.54, 1.807) is 6.92 Å². The van der Waals surface area contributed by atoms with Crippen LogP contribution < -0.4 is 4.90 Å². The molecule has 2 heterocycles. The van der Waals surface area contributed by atoms with Crippen molar-refractivity contribution < 1.29 is 9.59 Å². The average Bonchev–Trinajstić information content (AvgIpc) is 3.11. The molecule has 166 valence electrons. The van der Waals surface area contributed by atoms with Crippen LogP contribution in [0, 0.1) is 13.8 Å². The summed E-state index contributed by atoms with van der Waals surface area (Å²) >= 11 is 0. The number of anilines is 1. The fraction of sp³-hybridized carbons (Fsp3) is 0.346. The van der Waals surface area contributed by atoms with E-state index in [0.29, 0.717) is 25.9 Å². The van der Waals surface area contributed by atoms with Gasteiger partial charge in [0, 0.05) is 49.5 Å². The van der Waals surface area contributed by atoms with E-state index in [-0.39, 0.29) is 11.7 Å². The number of carbonyl (C=O) groups is 2. The number of para-hydroxylation sites is 1. The van der Waals surface area contributed by atoms with Crippen molar-refractivity contribution >= 4 is 17.4 Å². The van der Waals surface area contributed by atoms with Crippen LogP contribution in [0.2, 0.25) is 0 Å². The van der Waals surface area contributed by atoms with E-state index in [1.807, 2.05) is 71.1 Å². The zero-order valence-corrected chi connectivity index (χ0v) is 19.0. The third-order valence-corrected chi connectivity index (χ3v) is 6.30. The first-order chi connectivity index (χ1) is 15.4. The van der Waals surface area contributed by atoms with E-state index in [0.717, 1.165) is 47.0 Å². The standard InChI is InChI=1S/C26H30N4O2/c1-19-25(20(2)30(27-19)24-7-5-4-6-8-24)13-14-26(32)29-17-15-28(16-18-29)23-11-9-22(10-12-23)21(3)31/h4-12H,13-18H2,1-3H3. The number of nitrogens with zero attached hydrogens (tertiary/aromatic N) is 4. The minimum Gasteiger partial charge on any atom is -0.368 e. The molecule has 0 radical (unpaired) electrons. The van der Waals surface area contributed by atoms with Crippen LogP contribution in [0.25, 0.3) is 5.69 Å². The van der Waals surface area contributed by atoms with Crippen molar-refractivity contribution in [3.8, 4) is 5.69 Å². The maximum absolute atomic E-state index is 12.9. The fourth-order valence-electron chi connectivity index (χ4n) is 4.37. The van der Waals surface area contributed by atoms with Crippen LogP contribution in [0.4, 0.5) is 5.69 Å². The molecule has 2 aromatic carbocycles. The average molecular weight is 431 g/mol. The number of ketones is 1. The number of hydrogen-bond donors (Lipinski definition) is 0. The van der Waals surface area contributed by atoms with Crippen LogP contribution >= 0.6 is 0 Å². The summed E-state index contributed by atoms with van der Waals surface area (Å²) in [6.45, 7) is 8.70. The third-order valence-electron chi connectivity index (χ3n) is 6.30. The predicted molar refractivity (Wildman–Crippen MR) is 127 cm³/mol. The van der Waals surface area contributed by atoms with Crippen molar-refractivity contribution in [2.75, 3.05) is 31.1 Å². The first kappa shape index (κ1) is 21.8. The summed E-state index contributed by atoms with van der Waals surface area (Å²) in [7, 11) is 0. The lowest BCUT2D eigenvalue weighted by molar-refractivity contribution is -0.131. The molecule has 0 bridgehead atoms. The van der Waals surface area contributed by atoms with Gasteiger partial charge in [-0.25, -0.2) is 4.68 Å². The van der Waals surface area contributed by atoms with E-state index in [9.17, 15) is 9.59 Å². The van der Waals surface area contributed by atoms with Crippen molar-refractivity contribution in [1.82, 2.24) is 14.7 Å². The number of amides is 1. The van der Waals surface area contributed by atoms with Gasteiger partial charge < -0.3 is 9.80 Å². The molecule has 0 aliphatic carbocycles. The Kier molecular flexibility index (Phi) is 6.40. The highest BCUT2D eigenvalue weighted by molar-refractivity contribution is 5.94. The smallest absolute Gasteiger partial charge is 0.223 e. The summed E-state index contributed by atoms with van der Waals surface area (Å²) in [5.41, 5.74) is 6.10. The van der Waals surface area contributed by atoms with Crippen LogP contribution in [0.1, 0.15) is 40.7 Å². The SMILES string of the molecule is CC(=O)c1ccc(N2CCN(C(=O)CCc3c(C)nn(-c4ccccc4)c3C)CC2)cc1. The maximum Gasteiger partial charge on any atom is 0.223 e. The Bertz CT molecular complexity index is 1090. The molecule has 0 N–H and O–H groups in total. The van der Waals surface area contributed by atoms with Crippen molar-refractivity contribution in [3.05, 3.63) is 77.1 Å². The van der Waals surface area contributed by atoms with Crippen molar-refractivity contribution in [2.45, 2.75) is 33.6 Å². The molecule has 3 aromatic rings. The molecule has 1 fully saturated rings. The van der Waals surface area contributed by atoms with Gasteiger partial charge in [0.15, 0.2) is 5.78 Å². The first-order valence-corrected chi connectivity index (χ1v) is 11.2. The van der Waals surface area contributed by atoms with E-state index in [2.05, 4.69) is 11.8 Å². The minimum atomic E-state index is 0.0757. The number of piperazine rings is 1. The number of aromatic nitrogens is 2. The summed E-state index contributed by atoms with van der Waals surface area (Å²) in [6, 6.07) is 17.8. The number of aryl methyl sites for hydroxylation is 1. The molecule has 6 nitrogen and oxygen atoms in total.